The van der Waals surface area contributed by atoms with E-state index in [4.69, 9.17) is 14.6 Å². The van der Waals surface area contributed by atoms with Crippen LogP contribution in [0.2, 0.25) is 0 Å². The van der Waals surface area contributed by atoms with Crippen molar-refractivity contribution in [2.75, 3.05) is 13.3 Å². The lowest BCUT2D eigenvalue weighted by molar-refractivity contribution is 0.174. The molecule has 0 bridgehead atoms. The van der Waals surface area contributed by atoms with Crippen molar-refractivity contribution >= 4 is 27.5 Å². The first-order valence-corrected chi connectivity index (χ1v) is 11.1. The van der Waals surface area contributed by atoms with Crippen LogP contribution in [-0.4, -0.2) is 38.9 Å². The maximum absolute atomic E-state index is 13.1. The van der Waals surface area contributed by atoms with Crippen LogP contribution in [0.1, 0.15) is 4.88 Å². The number of nitrogens with one attached hydrogen (secondary N) is 1. The van der Waals surface area contributed by atoms with E-state index in [1.54, 1.807) is 11.3 Å². The van der Waals surface area contributed by atoms with Crippen LogP contribution in [0.3, 0.4) is 0 Å². The summed E-state index contributed by atoms with van der Waals surface area (Å²) in [7, 11) is 0. The highest BCUT2D eigenvalue weighted by Crippen LogP contribution is 2.37. The van der Waals surface area contributed by atoms with E-state index in [1.807, 2.05) is 36.4 Å². The average molecular weight is 482 g/mol. The second-order valence-electron chi connectivity index (χ2n) is 7.66. The van der Waals surface area contributed by atoms with Crippen molar-refractivity contribution in [3.05, 3.63) is 76.1 Å². The number of amides is 1. The maximum Gasteiger partial charge on any atom is 0.404 e. The number of fused-ring (bicyclic) bond motifs is 2. The predicted octanol–water partition coefficient (Wildman–Crippen LogP) is 3.82. The first-order valence-electron chi connectivity index (χ1n) is 10.3. The molecule has 3 heterocycles. The molecule has 34 heavy (non-hydrogen) atoms. The second-order valence-corrected chi connectivity index (χ2v) is 8.83. The summed E-state index contributed by atoms with van der Waals surface area (Å²) < 4.78 is 27.5. The van der Waals surface area contributed by atoms with Gasteiger partial charge in [0.05, 0.1) is 19.4 Å². The molecular formula is C23H19FN4O5S. The molecule has 2 aromatic heterocycles. The highest BCUT2D eigenvalue weighted by Gasteiger charge is 2.15. The van der Waals surface area contributed by atoms with Gasteiger partial charge in [-0.3, -0.25) is 4.57 Å². The van der Waals surface area contributed by atoms with Gasteiger partial charge in [0.1, 0.15) is 6.33 Å². The number of carbonyl (C=O) groups is 1. The molecule has 2 aromatic carbocycles. The molecule has 1 aliphatic rings. The van der Waals surface area contributed by atoms with E-state index in [9.17, 15) is 14.0 Å². The second kappa shape index (κ2) is 9.02. The van der Waals surface area contributed by atoms with Crippen molar-refractivity contribution in [1.29, 1.82) is 0 Å². The highest BCUT2D eigenvalue weighted by molar-refractivity contribution is 7.19. The number of rotatable bonds is 7. The lowest BCUT2D eigenvalue weighted by atomic mass is 10.0. The quantitative estimate of drug-likeness (QED) is 0.415. The highest BCUT2D eigenvalue weighted by atomic mass is 32.1. The molecule has 0 aliphatic carbocycles. The summed E-state index contributed by atoms with van der Waals surface area (Å²) in [5.74, 6) is 1.46. The molecule has 2 N–H and O–H groups in total. The molecule has 174 valence electrons. The molecule has 0 saturated heterocycles. The number of ether oxygens (including phenoxy) is 2. The van der Waals surface area contributed by atoms with E-state index in [0.717, 1.165) is 42.3 Å². The molecule has 0 atom stereocenters. The molecule has 4 aromatic rings. The lowest BCUT2D eigenvalue weighted by Crippen LogP contribution is -2.29. The van der Waals surface area contributed by atoms with E-state index in [2.05, 4.69) is 16.5 Å². The van der Waals surface area contributed by atoms with Crippen LogP contribution >= 0.6 is 11.3 Å². The summed E-state index contributed by atoms with van der Waals surface area (Å²) >= 11 is 1.58. The molecule has 1 aliphatic heterocycles. The Morgan fingerprint density at radius 1 is 1.18 bits per heavy atom. The number of carboxylic acid groups (broad SMARTS) is 1. The molecule has 1 amide bonds. The number of benzene rings is 2. The van der Waals surface area contributed by atoms with Crippen molar-refractivity contribution in [3.63, 3.8) is 0 Å². The Labute approximate surface area is 196 Å². The summed E-state index contributed by atoms with van der Waals surface area (Å²) in [6, 6.07) is 14.0. The average Bonchev–Trinajstić information content (AvgIpc) is 3.55. The number of halogens is 1. The van der Waals surface area contributed by atoms with Gasteiger partial charge in [0.2, 0.25) is 6.79 Å². The standard InChI is InChI=1S/C23H19FN4O5S/c24-8-14(9-25-22(29)30)10-28-23(31)27(12-26-28)11-18-6-17-5-15(2-4-21(17)34-18)16-1-3-19-20(7-16)33-13-32-19/h1-8,12,25H,9-11,13H2,(H,29,30). The Morgan fingerprint density at radius 2 is 1.97 bits per heavy atom. The van der Waals surface area contributed by atoms with Crippen LogP contribution in [0.4, 0.5) is 9.18 Å². The molecule has 11 heteroatoms. The molecule has 0 fully saturated rings. The van der Waals surface area contributed by atoms with Gasteiger partial charge in [0.15, 0.2) is 11.5 Å². The monoisotopic (exact) mass is 482 g/mol. The van der Waals surface area contributed by atoms with Crippen molar-refractivity contribution in [2.45, 2.75) is 13.1 Å². The van der Waals surface area contributed by atoms with E-state index in [1.165, 1.54) is 10.9 Å². The van der Waals surface area contributed by atoms with Gasteiger partial charge >= 0.3 is 11.8 Å². The Bertz CT molecular complexity index is 1470. The molecule has 0 saturated carbocycles. The minimum absolute atomic E-state index is 0.0904. The van der Waals surface area contributed by atoms with Gasteiger partial charge in [-0.1, -0.05) is 12.1 Å². The van der Waals surface area contributed by atoms with Gasteiger partial charge < -0.3 is 19.9 Å². The SMILES string of the molecule is O=C(O)NCC(=CF)Cn1ncn(Cc2cc3cc(-c4ccc5c(c4)OCO5)ccc3s2)c1=O. The van der Waals surface area contributed by atoms with Gasteiger partial charge in [0, 0.05) is 16.1 Å². The van der Waals surface area contributed by atoms with Crippen LogP contribution in [0.15, 0.2) is 65.5 Å². The number of nitrogens with zero attached hydrogens (tertiary/aromatic N) is 3. The van der Waals surface area contributed by atoms with Crippen molar-refractivity contribution in [3.8, 4) is 22.6 Å². The first-order chi connectivity index (χ1) is 16.5. The van der Waals surface area contributed by atoms with Gasteiger partial charge in [-0.15, -0.1) is 11.3 Å². The predicted molar refractivity (Wildman–Crippen MR) is 124 cm³/mol. The molecular weight excluding hydrogens is 463 g/mol. The summed E-state index contributed by atoms with van der Waals surface area (Å²) in [6.45, 7) is 0.174. The Morgan fingerprint density at radius 3 is 2.79 bits per heavy atom. The van der Waals surface area contributed by atoms with Crippen LogP contribution in [0.5, 0.6) is 11.5 Å². The lowest BCUT2D eigenvalue weighted by Gasteiger charge is -2.05. The summed E-state index contributed by atoms with van der Waals surface area (Å²) in [5, 5.41) is 15.8. The van der Waals surface area contributed by atoms with Crippen LogP contribution < -0.4 is 20.5 Å². The van der Waals surface area contributed by atoms with Gasteiger partial charge in [-0.05, 0) is 52.4 Å². The van der Waals surface area contributed by atoms with Crippen molar-refractivity contribution in [1.82, 2.24) is 19.7 Å². The molecule has 0 spiro atoms. The van der Waals surface area contributed by atoms with E-state index >= 15 is 0 Å². The van der Waals surface area contributed by atoms with Crippen LogP contribution in [0, 0.1) is 0 Å². The summed E-state index contributed by atoms with van der Waals surface area (Å²) in [4.78, 5) is 24.2. The number of hydrogen-bond acceptors (Lipinski definition) is 6. The van der Waals surface area contributed by atoms with Gasteiger partial charge in [0.25, 0.3) is 0 Å². The third-order valence-electron chi connectivity index (χ3n) is 5.37. The van der Waals surface area contributed by atoms with Gasteiger partial charge in [-0.2, -0.15) is 5.10 Å². The van der Waals surface area contributed by atoms with E-state index in [0.29, 0.717) is 6.54 Å². The molecule has 5 rings (SSSR count). The zero-order valence-corrected chi connectivity index (χ0v) is 18.5. The zero-order valence-electron chi connectivity index (χ0n) is 17.7. The van der Waals surface area contributed by atoms with Crippen molar-refractivity contribution < 1.29 is 23.8 Å². The maximum atomic E-state index is 13.1. The third kappa shape index (κ3) is 4.37. The van der Waals surface area contributed by atoms with E-state index < -0.39 is 11.8 Å². The number of thiophene rings is 1. The first kappa shape index (κ1) is 21.7. The molecule has 0 radical (unpaired) electrons. The normalized spacial score (nSPS) is 12.9. The summed E-state index contributed by atoms with van der Waals surface area (Å²) in [5.41, 5.74) is 1.74. The largest absolute Gasteiger partial charge is 0.465 e. The van der Waals surface area contributed by atoms with Crippen LogP contribution in [0.25, 0.3) is 21.2 Å². The van der Waals surface area contributed by atoms with Crippen LogP contribution in [-0.2, 0) is 13.1 Å². The van der Waals surface area contributed by atoms with Gasteiger partial charge in [-0.25, -0.2) is 18.7 Å². The minimum atomic E-state index is -1.27. The van der Waals surface area contributed by atoms with Crippen molar-refractivity contribution in [2.24, 2.45) is 0 Å². The smallest absolute Gasteiger partial charge is 0.404 e. The molecule has 9 nitrogen and oxygen atoms in total. The number of hydrogen-bond donors (Lipinski definition) is 2. The Kier molecular flexibility index (Phi) is 5.76. The topological polar surface area (TPSA) is 108 Å². The number of aromatic nitrogens is 3. The third-order valence-corrected chi connectivity index (χ3v) is 6.47. The van der Waals surface area contributed by atoms with E-state index in [-0.39, 0.29) is 31.8 Å². The fraction of sp³-hybridized carbons (Fsp3) is 0.174. The fourth-order valence-corrected chi connectivity index (χ4v) is 4.74. The Hall–Kier alpha value is -4.12. The zero-order chi connectivity index (χ0) is 23.7. The minimum Gasteiger partial charge on any atom is -0.465 e. The molecule has 0 unspecified atom stereocenters. The summed E-state index contributed by atoms with van der Waals surface area (Å²) in [6.07, 6.45) is 0.403. The fourth-order valence-electron chi connectivity index (χ4n) is 3.70. The Balaban J connectivity index is 1.34.